The number of rotatable bonds is 2. The van der Waals surface area contributed by atoms with E-state index >= 15 is 0 Å². The molecule has 0 N–H and O–H groups in total. The summed E-state index contributed by atoms with van der Waals surface area (Å²) in [5.41, 5.74) is 0.0775. The molecule has 0 bridgehead atoms. The van der Waals surface area contributed by atoms with E-state index in [9.17, 15) is 13.2 Å². The molecule has 4 rings (SSSR count). The van der Waals surface area contributed by atoms with E-state index in [2.05, 4.69) is 20.0 Å². The fourth-order valence-electron chi connectivity index (χ4n) is 2.96. The molecular weight excluding hydrogens is 333 g/mol. The molecule has 2 aromatic heterocycles. The Labute approximate surface area is 141 Å². The number of hydrogen-bond donors (Lipinski definition) is 0. The van der Waals surface area contributed by atoms with Gasteiger partial charge >= 0.3 is 6.18 Å². The second-order valence-electron chi connectivity index (χ2n) is 5.76. The monoisotopic (exact) mass is 348 g/mol. The number of halogens is 3. The Hall–Kier alpha value is -2.84. The summed E-state index contributed by atoms with van der Waals surface area (Å²) in [5.74, 6) is -0.204. The lowest BCUT2D eigenvalue weighted by Crippen LogP contribution is -2.47. The van der Waals surface area contributed by atoms with Crippen molar-refractivity contribution < 1.29 is 13.2 Å². The number of para-hydroxylation sites is 1. The third-order valence-corrected chi connectivity index (χ3v) is 4.20. The van der Waals surface area contributed by atoms with E-state index in [4.69, 9.17) is 0 Å². The molecule has 1 aliphatic rings. The van der Waals surface area contributed by atoms with Crippen molar-refractivity contribution in [2.75, 3.05) is 36.0 Å². The minimum atomic E-state index is -4.58. The molecule has 1 saturated heterocycles. The van der Waals surface area contributed by atoms with Gasteiger partial charge in [0.2, 0.25) is 0 Å². The SMILES string of the molecule is FC(F)(F)c1nc2nccn2nc1N1CCN(c2ccccc2)CC1. The number of alkyl halides is 3. The number of benzene rings is 1. The molecule has 0 saturated carbocycles. The van der Waals surface area contributed by atoms with Gasteiger partial charge in [-0.15, -0.1) is 5.10 Å². The number of hydrogen-bond acceptors (Lipinski definition) is 5. The highest BCUT2D eigenvalue weighted by Gasteiger charge is 2.39. The van der Waals surface area contributed by atoms with Gasteiger partial charge in [0.25, 0.3) is 5.78 Å². The number of aromatic nitrogens is 4. The molecule has 1 fully saturated rings. The van der Waals surface area contributed by atoms with Crippen LogP contribution in [-0.4, -0.2) is 45.8 Å². The lowest BCUT2D eigenvalue weighted by molar-refractivity contribution is -0.140. The molecule has 3 aromatic rings. The van der Waals surface area contributed by atoms with Crippen molar-refractivity contribution in [2.24, 2.45) is 0 Å². The summed E-state index contributed by atoms with van der Waals surface area (Å²) in [6, 6.07) is 9.82. The lowest BCUT2D eigenvalue weighted by atomic mass is 10.2. The first-order valence-electron chi connectivity index (χ1n) is 7.86. The van der Waals surface area contributed by atoms with Crippen LogP contribution in [0.15, 0.2) is 42.7 Å². The average Bonchev–Trinajstić information content (AvgIpc) is 3.08. The van der Waals surface area contributed by atoms with E-state index in [0.29, 0.717) is 26.2 Å². The Bertz CT molecular complexity index is 868. The van der Waals surface area contributed by atoms with Gasteiger partial charge in [-0.3, -0.25) is 0 Å². The summed E-state index contributed by atoms with van der Waals surface area (Å²) in [4.78, 5) is 11.2. The van der Waals surface area contributed by atoms with Crippen LogP contribution in [0.3, 0.4) is 0 Å². The normalized spacial score (nSPS) is 15.8. The molecular formula is C16H15F3N6. The maximum absolute atomic E-state index is 13.4. The maximum atomic E-state index is 13.4. The zero-order valence-electron chi connectivity index (χ0n) is 13.2. The molecule has 130 valence electrons. The molecule has 0 atom stereocenters. The molecule has 0 amide bonds. The molecule has 1 aliphatic heterocycles. The first kappa shape index (κ1) is 15.7. The number of fused-ring (bicyclic) bond motifs is 1. The van der Waals surface area contributed by atoms with E-state index in [1.165, 1.54) is 16.9 Å². The van der Waals surface area contributed by atoms with Gasteiger partial charge in [-0.05, 0) is 12.1 Å². The summed E-state index contributed by atoms with van der Waals surface area (Å²) in [7, 11) is 0. The predicted molar refractivity (Wildman–Crippen MR) is 86.7 cm³/mol. The summed E-state index contributed by atoms with van der Waals surface area (Å²) in [6.45, 7) is 2.11. The van der Waals surface area contributed by atoms with Crippen LogP contribution in [0.1, 0.15) is 5.69 Å². The van der Waals surface area contributed by atoms with Gasteiger partial charge < -0.3 is 9.80 Å². The second-order valence-corrected chi connectivity index (χ2v) is 5.76. The van der Waals surface area contributed by atoms with Crippen molar-refractivity contribution in [3.05, 3.63) is 48.4 Å². The number of nitrogens with zero attached hydrogens (tertiary/aromatic N) is 6. The molecule has 9 heteroatoms. The van der Waals surface area contributed by atoms with Gasteiger partial charge in [0, 0.05) is 38.1 Å². The van der Waals surface area contributed by atoms with E-state index in [1.807, 2.05) is 30.3 Å². The van der Waals surface area contributed by atoms with Gasteiger partial charge in [-0.2, -0.15) is 13.2 Å². The summed E-state index contributed by atoms with van der Waals surface area (Å²) >= 11 is 0. The van der Waals surface area contributed by atoms with Crippen molar-refractivity contribution >= 4 is 17.3 Å². The number of imidazole rings is 1. The molecule has 0 radical (unpaired) electrons. The average molecular weight is 348 g/mol. The Kier molecular flexibility index (Phi) is 3.70. The highest BCUT2D eigenvalue weighted by Crippen LogP contribution is 2.34. The van der Waals surface area contributed by atoms with Crippen molar-refractivity contribution in [1.29, 1.82) is 0 Å². The fraction of sp³-hybridized carbons (Fsp3) is 0.312. The molecule has 6 nitrogen and oxygen atoms in total. The molecule has 25 heavy (non-hydrogen) atoms. The van der Waals surface area contributed by atoms with Crippen molar-refractivity contribution in [1.82, 2.24) is 19.6 Å². The third-order valence-electron chi connectivity index (χ3n) is 4.20. The van der Waals surface area contributed by atoms with Gasteiger partial charge in [0.1, 0.15) is 0 Å². The van der Waals surface area contributed by atoms with Crippen LogP contribution in [0.5, 0.6) is 0 Å². The smallest absolute Gasteiger partial charge is 0.368 e. The van der Waals surface area contributed by atoms with E-state index < -0.39 is 11.9 Å². The zero-order chi connectivity index (χ0) is 17.4. The zero-order valence-corrected chi connectivity index (χ0v) is 13.2. The second kappa shape index (κ2) is 5.91. The standard InChI is InChI=1S/C16H15F3N6/c17-16(18,19)13-14(22-25-7-6-20-15(25)21-13)24-10-8-23(9-11-24)12-4-2-1-3-5-12/h1-7H,8-11H2. The van der Waals surface area contributed by atoms with Crippen LogP contribution < -0.4 is 9.80 Å². The molecule has 0 unspecified atom stereocenters. The van der Waals surface area contributed by atoms with Crippen molar-refractivity contribution in [3.63, 3.8) is 0 Å². The number of piperazine rings is 1. The Morgan fingerprint density at radius 3 is 2.28 bits per heavy atom. The minimum absolute atomic E-state index is 0.0565. The van der Waals surface area contributed by atoms with Crippen LogP contribution in [0, 0.1) is 0 Å². The topological polar surface area (TPSA) is 49.6 Å². The van der Waals surface area contributed by atoms with E-state index in [-0.39, 0.29) is 11.6 Å². The first-order valence-corrected chi connectivity index (χ1v) is 7.86. The Balaban J connectivity index is 1.62. The van der Waals surface area contributed by atoms with E-state index in [1.54, 1.807) is 4.90 Å². The van der Waals surface area contributed by atoms with Crippen LogP contribution in [0.4, 0.5) is 24.7 Å². The largest absolute Gasteiger partial charge is 0.437 e. The molecule has 0 spiro atoms. The summed E-state index contributed by atoms with van der Waals surface area (Å²) in [5, 5.41) is 4.10. The highest BCUT2D eigenvalue weighted by atomic mass is 19.4. The molecule has 0 aliphatic carbocycles. The van der Waals surface area contributed by atoms with Gasteiger partial charge in [-0.25, -0.2) is 14.5 Å². The van der Waals surface area contributed by atoms with Gasteiger partial charge in [-0.1, -0.05) is 18.2 Å². The van der Waals surface area contributed by atoms with Gasteiger partial charge in [0.05, 0.1) is 6.20 Å². The quantitative estimate of drug-likeness (QED) is 0.712. The van der Waals surface area contributed by atoms with E-state index in [0.717, 1.165) is 5.69 Å². The van der Waals surface area contributed by atoms with Gasteiger partial charge in [0.15, 0.2) is 11.5 Å². The maximum Gasteiger partial charge on any atom is 0.437 e. The third kappa shape index (κ3) is 2.97. The fourth-order valence-corrected chi connectivity index (χ4v) is 2.96. The summed E-state index contributed by atoms with van der Waals surface area (Å²) < 4.78 is 41.5. The molecule has 1 aromatic carbocycles. The predicted octanol–water partition coefficient (Wildman–Crippen LogP) is 2.47. The Morgan fingerprint density at radius 2 is 1.60 bits per heavy atom. The minimum Gasteiger partial charge on any atom is -0.368 e. The van der Waals surface area contributed by atoms with Crippen molar-refractivity contribution in [3.8, 4) is 0 Å². The van der Waals surface area contributed by atoms with Crippen LogP contribution in [0.25, 0.3) is 5.78 Å². The lowest BCUT2D eigenvalue weighted by Gasteiger charge is -2.37. The van der Waals surface area contributed by atoms with Crippen LogP contribution >= 0.6 is 0 Å². The van der Waals surface area contributed by atoms with Crippen LogP contribution in [-0.2, 0) is 6.18 Å². The summed E-state index contributed by atoms with van der Waals surface area (Å²) in [6.07, 6.45) is -1.70. The first-order chi connectivity index (χ1) is 12.0. The number of anilines is 2. The van der Waals surface area contributed by atoms with Crippen molar-refractivity contribution in [2.45, 2.75) is 6.18 Å². The van der Waals surface area contributed by atoms with Crippen LogP contribution in [0.2, 0.25) is 0 Å². The Morgan fingerprint density at radius 1 is 0.920 bits per heavy atom. The molecule has 3 heterocycles. The highest BCUT2D eigenvalue weighted by molar-refractivity contribution is 5.52.